The van der Waals surface area contributed by atoms with Crippen LogP contribution in [0.2, 0.25) is 0 Å². The van der Waals surface area contributed by atoms with Gasteiger partial charge in [-0.25, -0.2) is 4.79 Å². The lowest BCUT2D eigenvalue weighted by molar-refractivity contribution is -0.133. The fourth-order valence-corrected chi connectivity index (χ4v) is 3.89. The van der Waals surface area contributed by atoms with Gasteiger partial charge in [-0.1, -0.05) is 29.8 Å². The predicted molar refractivity (Wildman–Crippen MR) is 105 cm³/mol. The zero-order valence-electron chi connectivity index (χ0n) is 16.1. The third-order valence-electron chi connectivity index (χ3n) is 5.66. The van der Waals surface area contributed by atoms with Gasteiger partial charge in [0, 0.05) is 19.3 Å². The molecule has 2 saturated heterocycles. The topological polar surface area (TPSA) is 103 Å². The molecule has 2 fully saturated rings. The molecule has 150 valence electrons. The van der Waals surface area contributed by atoms with E-state index in [0.717, 1.165) is 11.1 Å². The number of H-pyrrole nitrogens is 1. The summed E-state index contributed by atoms with van der Waals surface area (Å²) in [6, 6.07) is 10.4. The Kier molecular flexibility index (Phi) is 4.70. The SMILES string of the molecule is Cc1ccc(CN2C(=O)NC3(CCN(C(=O)c4ccc[nH]c4=O)CC3)C2=O)cc1. The average Bonchev–Trinajstić information content (AvgIpc) is 2.94. The highest BCUT2D eigenvalue weighted by molar-refractivity contribution is 6.07. The molecular weight excluding hydrogens is 372 g/mol. The maximum absolute atomic E-state index is 13.0. The molecule has 1 aromatic carbocycles. The Hall–Kier alpha value is -3.42. The first-order valence-electron chi connectivity index (χ1n) is 9.56. The Balaban J connectivity index is 1.45. The van der Waals surface area contributed by atoms with Crippen molar-refractivity contribution in [2.45, 2.75) is 31.8 Å². The number of likely N-dealkylation sites (tertiary alicyclic amines) is 1. The van der Waals surface area contributed by atoms with E-state index >= 15 is 0 Å². The minimum Gasteiger partial charge on any atom is -0.338 e. The van der Waals surface area contributed by atoms with E-state index in [1.54, 1.807) is 11.0 Å². The van der Waals surface area contributed by atoms with Crippen molar-refractivity contribution in [3.05, 3.63) is 69.6 Å². The van der Waals surface area contributed by atoms with Crippen molar-refractivity contribution in [1.82, 2.24) is 20.1 Å². The molecule has 1 spiro atoms. The van der Waals surface area contributed by atoms with Crippen LogP contribution in [0, 0.1) is 6.92 Å². The maximum atomic E-state index is 13.0. The molecule has 0 unspecified atom stereocenters. The fraction of sp³-hybridized carbons (Fsp3) is 0.333. The summed E-state index contributed by atoms with van der Waals surface area (Å²) in [4.78, 5) is 55.3. The number of nitrogens with one attached hydrogen (secondary N) is 2. The number of benzene rings is 1. The lowest BCUT2D eigenvalue weighted by atomic mass is 9.87. The van der Waals surface area contributed by atoms with Gasteiger partial charge in [-0.05, 0) is 37.5 Å². The van der Waals surface area contributed by atoms with Gasteiger partial charge in [0.05, 0.1) is 6.54 Å². The molecule has 1 aromatic heterocycles. The number of aromatic nitrogens is 1. The highest BCUT2D eigenvalue weighted by Crippen LogP contribution is 2.30. The van der Waals surface area contributed by atoms with Gasteiger partial charge in [-0.15, -0.1) is 0 Å². The van der Waals surface area contributed by atoms with Crippen molar-refractivity contribution in [1.29, 1.82) is 0 Å². The second kappa shape index (κ2) is 7.20. The molecular formula is C21H22N4O4. The Morgan fingerprint density at radius 2 is 1.76 bits per heavy atom. The average molecular weight is 394 g/mol. The lowest BCUT2D eigenvalue weighted by Crippen LogP contribution is -2.56. The summed E-state index contributed by atoms with van der Waals surface area (Å²) in [5, 5.41) is 2.84. The number of imide groups is 1. The van der Waals surface area contributed by atoms with Gasteiger partial charge in [-0.3, -0.25) is 19.3 Å². The Morgan fingerprint density at radius 1 is 1.07 bits per heavy atom. The van der Waals surface area contributed by atoms with Gasteiger partial charge in [0.15, 0.2) is 0 Å². The third-order valence-corrected chi connectivity index (χ3v) is 5.66. The number of aryl methyl sites for hydroxylation is 1. The van der Waals surface area contributed by atoms with Crippen molar-refractivity contribution < 1.29 is 14.4 Å². The highest BCUT2D eigenvalue weighted by Gasteiger charge is 2.52. The van der Waals surface area contributed by atoms with Crippen molar-refractivity contribution >= 4 is 17.8 Å². The molecule has 4 rings (SSSR count). The molecule has 2 aliphatic rings. The number of hydrogen-bond donors (Lipinski definition) is 2. The van der Waals surface area contributed by atoms with Crippen LogP contribution in [0.4, 0.5) is 4.79 Å². The number of amides is 4. The van der Waals surface area contributed by atoms with E-state index in [0.29, 0.717) is 12.8 Å². The summed E-state index contributed by atoms with van der Waals surface area (Å²) in [6.07, 6.45) is 2.11. The summed E-state index contributed by atoms with van der Waals surface area (Å²) in [5.41, 5.74) is 0.643. The molecule has 0 atom stereocenters. The van der Waals surface area contributed by atoms with Crippen LogP contribution in [0.5, 0.6) is 0 Å². The third kappa shape index (κ3) is 3.41. The van der Waals surface area contributed by atoms with Gasteiger partial charge in [0.2, 0.25) is 0 Å². The summed E-state index contributed by atoms with van der Waals surface area (Å²) >= 11 is 0. The second-order valence-electron chi connectivity index (χ2n) is 7.59. The van der Waals surface area contributed by atoms with Gasteiger partial charge in [0.1, 0.15) is 11.1 Å². The summed E-state index contributed by atoms with van der Waals surface area (Å²) in [6.45, 7) is 2.77. The van der Waals surface area contributed by atoms with Crippen LogP contribution >= 0.6 is 0 Å². The number of rotatable bonds is 3. The Bertz CT molecular complexity index is 1020. The molecule has 8 nitrogen and oxygen atoms in total. The van der Waals surface area contributed by atoms with Crippen LogP contribution in [0.1, 0.15) is 34.3 Å². The van der Waals surface area contributed by atoms with Crippen molar-refractivity contribution in [2.24, 2.45) is 0 Å². The minimum atomic E-state index is -0.984. The van der Waals surface area contributed by atoms with Crippen LogP contribution in [-0.2, 0) is 11.3 Å². The second-order valence-corrected chi connectivity index (χ2v) is 7.59. The quantitative estimate of drug-likeness (QED) is 0.769. The Labute approximate surface area is 167 Å². The first-order valence-corrected chi connectivity index (χ1v) is 9.56. The van der Waals surface area contributed by atoms with Crippen LogP contribution in [0.25, 0.3) is 0 Å². The van der Waals surface area contributed by atoms with Gasteiger partial charge in [-0.2, -0.15) is 0 Å². The van der Waals surface area contributed by atoms with Crippen LogP contribution in [0.15, 0.2) is 47.4 Å². The van der Waals surface area contributed by atoms with Crippen molar-refractivity contribution in [3.63, 3.8) is 0 Å². The van der Waals surface area contributed by atoms with Gasteiger partial charge < -0.3 is 15.2 Å². The fourth-order valence-electron chi connectivity index (χ4n) is 3.89. The van der Waals surface area contributed by atoms with Gasteiger partial charge in [0.25, 0.3) is 17.4 Å². The number of pyridine rings is 1. The molecule has 8 heteroatoms. The maximum Gasteiger partial charge on any atom is 0.325 e. The first kappa shape index (κ1) is 18.9. The molecule has 0 saturated carbocycles. The number of hydrogen-bond acceptors (Lipinski definition) is 4. The highest BCUT2D eigenvalue weighted by atomic mass is 16.2. The van der Waals surface area contributed by atoms with Gasteiger partial charge >= 0.3 is 6.03 Å². The molecule has 3 heterocycles. The standard InChI is InChI=1S/C21H22N4O4/c1-14-4-6-15(7-5-14)13-25-19(28)21(23-20(25)29)8-11-24(12-9-21)18(27)16-3-2-10-22-17(16)26/h2-7,10H,8-9,11-13H2,1H3,(H,22,26)(H,23,29). The van der Waals surface area contributed by atoms with Crippen molar-refractivity contribution in [3.8, 4) is 0 Å². The first-order chi connectivity index (χ1) is 13.9. The van der Waals surface area contributed by atoms with Crippen LogP contribution < -0.4 is 10.9 Å². The molecule has 0 radical (unpaired) electrons. The smallest absolute Gasteiger partial charge is 0.325 e. The Morgan fingerprint density at radius 3 is 2.41 bits per heavy atom. The summed E-state index contributed by atoms with van der Waals surface area (Å²) < 4.78 is 0. The zero-order chi connectivity index (χ0) is 20.6. The number of nitrogens with zero attached hydrogens (tertiary/aromatic N) is 2. The van der Waals surface area contributed by atoms with Crippen molar-refractivity contribution in [2.75, 3.05) is 13.1 Å². The molecule has 2 N–H and O–H groups in total. The predicted octanol–water partition coefficient (Wildman–Crippen LogP) is 1.41. The van der Waals surface area contributed by atoms with Crippen LogP contribution in [-0.4, -0.2) is 51.3 Å². The molecule has 0 bridgehead atoms. The van der Waals surface area contributed by atoms with E-state index in [1.807, 2.05) is 31.2 Å². The van der Waals surface area contributed by atoms with Crippen LogP contribution in [0.3, 0.4) is 0 Å². The minimum absolute atomic E-state index is 0.0752. The zero-order valence-corrected chi connectivity index (χ0v) is 16.1. The van der Waals surface area contributed by atoms with E-state index in [2.05, 4.69) is 10.3 Å². The summed E-state index contributed by atoms with van der Waals surface area (Å²) in [5.74, 6) is -0.622. The van der Waals surface area contributed by atoms with E-state index in [-0.39, 0.29) is 37.0 Å². The molecule has 0 aliphatic carbocycles. The molecule has 2 aromatic rings. The van der Waals surface area contributed by atoms with E-state index in [4.69, 9.17) is 0 Å². The number of urea groups is 1. The normalized spacial score (nSPS) is 18.2. The number of piperidine rings is 1. The number of carbonyl (C=O) groups excluding carboxylic acids is 3. The van der Waals surface area contributed by atoms with E-state index < -0.39 is 17.1 Å². The number of carbonyl (C=O) groups is 3. The van der Waals surface area contributed by atoms with E-state index in [9.17, 15) is 19.2 Å². The number of aromatic amines is 1. The van der Waals surface area contributed by atoms with E-state index in [1.165, 1.54) is 17.2 Å². The largest absolute Gasteiger partial charge is 0.338 e. The monoisotopic (exact) mass is 394 g/mol. The molecule has 4 amide bonds. The lowest BCUT2D eigenvalue weighted by Gasteiger charge is -2.37. The summed E-state index contributed by atoms with van der Waals surface area (Å²) in [7, 11) is 0. The molecule has 29 heavy (non-hydrogen) atoms. The molecule has 2 aliphatic heterocycles.